The van der Waals surface area contributed by atoms with Gasteiger partial charge in [-0.15, -0.1) is 0 Å². The first-order valence-electron chi connectivity index (χ1n) is 8.16. The van der Waals surface area contributed by atoms with E-state index in [1.54, 1.807) is 7.11 Å². The molecule has 1 aliphatic rings. The first-order valence-corrected chi connectivity index (χ1v) is 8.16. The summed E-state index contributed by atoms with van der Waals surface area (Å²) < 4.78 is 5.30. The number of aromatic amines is 1. The van der Waals surface area contributed by atoms with Gasteiger partial charge in [0.2, 0.25) is 5.88 Å². The molecule has 1 N–H and O–H groups in total. The lowest BCUT2D eigenvalue weighted by atomic mass is 9.98. The van der Waals surface area contributed by atoms with Crippen molar-refractivity contribution in [2.24, 2.45) is 10.9 Å². The van der Waals surface area contributed by atoms with Crippen LogP contribution in [0.4, 0.5) is 0 Å². The van der Waals surface area contributed by atoms with E-state index in [0.29, 0.717) is 11.8 Å². The number of hydrogen-bond donors (Lipinski definition) is 1. The quantitative estimate of drug-likeness (QED) is 0.893. The summed E-state index contributed by atoms with van der Waals surface area (Å²) in [5.41, 5.74) is 3.24. The van der Waals surface area contributed by atoms with Crippen molar-refractivity contribution in [3.05, 3.63) is 54.2 Å². The molecule has 2 aromatic heterocycles. The monoisotopic (exact) mass is 311 g/mol. The Kier molecular flexibility index (Phi) is 6.15. The molecule has 1 aliphatic heterocycles. The van der Waals surface area contributed by atoms with Gasteiger partial charge < -0.3 is 9.72 Å². The van der Waals surface area contributed by atoms with Crippen molar-refractivity contribution in [1.82, 2.24) is 9.97 Å². The molecule has 1 atom stereocenters. The minimum absolute atomic E-state index is 0.336. The third-order valence-corrected chi connectivity index (χ3v) is 3.72. The Labute approximate surface area is 138 Å². The number of methoxy groups -OCH3 is 1. The van der Waals surface area contributed by atoms with E-state index in [-0.39, 0.29) is 0 Å². The summed E-state index contributed by atoms with van der Waals surface area (Å²) in [5, 5.41) is 1.21. The van der Waals surface area contributed by atoms with Crippen LogP contribution in [0, 0.1) is 5.92 Å². The molecule has 0 amide bonds. The first-order chi connectivity index (χ1) is 11.3. The topological polar surface area (TPSA) is 50.3 Å². The smallest absolute Gasteiger partial charge is 0.209 e. The summed E-state index contributed by atoms with van der Waals surface area (Å²) in [6, 6.07) is 4.09. The minimum atomic E-state index is 0.336. The number of aliphatic imine (C=N–C) groups is 1. The van der Waals surface area contributed by atoms with Gasteiger partial charge in [-0.25, -0.2) is 9.98 Å². The van der Waals surface area contributed by atoms with Crippen LogP contribution < -0.4 is 0 Å². The zero-order valence-corrected chi connectivity index (χ0v) is 14.3. The lowest BCUT2D eigenvalue weighted by Crippen LogP contribution is -1.97. The number of aromatic nitrogens is 2. The van der Waals surface area contributed by atoms with E-state index in [1.165, 1.54) is 10.9 Å². The molecule has 3 rings (SSSR count). The number of aryl methyl sites for hydroxylation is 1. The lowest BCUT2D eigenvalue weighted by molar-refractivity contribution is 0.285. The molecule has 0 aliphatic carbocycles. The Hall–Kier alpha value is -2.36. The fourth-order valence-electron chi connectivity index (χ4n) is 2.58. The molecule has 4 nitrogen and oxygen atoms in total. The summed E-state index contributed by atoms with van der Waals surface area (Å²) >= 11 is 0. The predicted octanol–water partition coefficient (Wildman–Crippen LogP) is 4.66. The molecule has 0 fully saturated rings. The molecular formula is C19H25N3O. The van der Waals surface area contributed by atoms with E-state index in [2.05, 4.69) is 45.5 Å². The van der Waals surface area contributed by atoms with Crippen LogP contribution in [0.5, 0.6) is 0 Å². The van der Waals surface area contributed by atoms with Gasteiger partial charge in [0.05, 0.1) is 7.11 Å². The van der Waals surface area contributed by atoms with Crippen molar-refractivity contribution in [2.75, 3.05) is 7.11 Å². The molecular weight excluding hydrogens is 286 g/mol. The number of fused-ring (bicyclic) bond motifs is 1. The second-order valence-corrected chi connectivity index (χ2v) is 5.24. The van der Waals surface area contributed by atoms with Gasteiger partial charge in [-0.3, -0.25) is 0 Å². The van der Waals surface area contributed by atoms with Crippen LogP contribution in [0.3, 0.4) is 0 Å². The van der Waals surface area contributed by atoms with E-state index < -0.39 is 0 Å². The number of ether oxygens (including phenoxy) is 1. The van der Waals surface area contributed by atoms with Crippen LogP contribution in [-0.2, 0) is 11.2 Å². The highest BCUT2D eigenvalue weighted by Gasteiger charge is 2.10. The Morgan fingerprint density at radius 2 is 2.13 bits per heavy atom. The summed E-state index contributed by atoms with van der Waals surface area (Å²) in [6.45, 7) is 5.98. The first kappa shape index (κ1) is 17.0. The average molecular weight is 311 g/mol. The van der Waals surface area contributed by atoms with E-state index >= 15 is 0 Å². The van der Waals surface area contributed by atoms with Crippen molar-refractivity contribution < 1.29 is 4.74 Å². The van der Waals surface area contributed by atoms with Gasteiger partial charge >= 0.3 is 0 Å². The van der Waals surface area contributed by atoms with Gasteiger partial charge in [-0.2, -0.15) is 0 Å². The maximum atomic E-state index is 5.30. The molecule has 0 spiro atoms. The Bertz CT molecular complexity index is 725. The molecule has 1 unspecified atom stereocenters. The number of allylic oxidation sites excluding steroid dienone is 3. The fraction of sp³-hybridized carbons (Fsp3) is 0.368. The largest absolute Gasteiger partial charge is 0.481 e. The van der Waals surface area contributed by atoms with Crippen molar-refractivity contribution in [3.63, 3.8) is 0 Å². The van der Waals surface area contributed by atoms with Crippen molar-refractivity contribution in [3.8, 4) is 0 Å². The van der Waals surface area contributed by atoms with Gasteiger partial charge in [0.15, 0.2) is 0 Å². The second-order valence-electron chi connectivity index (χ2n) is 5.24. The number of H-pyrrole nitrogens is 1. The standard InChI is InChI=1S/C17H19N3O.C2H6/c1-12-5-6-13(10-16(20-12)21-2)7-8-14-11-19-17-15(14)4-3-9-18-17;1-2/h3-6,9-11,13H,7-8H2,1-2H3,(H,18,19);1-2H3. The molecule has 4 heteroatoms. The van der Waals surface area contributed by atoms with Gasteiger partial charge in [0.1, 0.15) is 5.65 Å². The van der Waals surface area contributed by atoms with Crippen LogP contribution in [0.25, 0.3) is 11.0 Å². The van der Waals surface area contributed by atoms with Crippen LogP contribution in [0.15, 0.2) is 53.6 Å². The molecule has 0 aromatic carbocycles. The highest BCUT2D eigenvalue weighted by atomic mass is 16.5. The van der Waals surface area contributed by atoms with Crippen molar-refractivity contribution >= 4 is 16.7 Å². The molecule has 23 heavy (non-hydrogen) atoms. The van der Waals surface area contributed by atoms with Crippen LogP contribution in [0.2, 0.25) is 0 Å². The van der Waals surface area contributed by atoms with Crippen molar-refractivity contribution in [2.45, 2.75) is 33.6 Å². The average Bonchev–Trinajstić information content (AvgIpc) is 2.92. The summed E-state index contributed by atoms with van der Waals surface area (Å²) in [5.74, 6) is 1.03. The lowest BCUT2D eigenvalue weighted by Gasteiger charge is -2.07. The molecule has 122 valence electrons. The number of nitrogens with zero attached hydrogens (tertiary/aromatic N) is 2. The molecule has 2 aromatic rings. The van der Waals surface area contributed by atoms with Crippen molar-refractivity contribution in [1.29, 1.82) is 0 Å². The molecule has 0 bridgehead atoms. The van der Waals surface area contributed by atoms with Crippen LogP contribution in [0.1, 0.15) is 32.8 Å². The number of nitrogens with one attached hydrogen (secondary N) is 1. The minimum Gasteiger partial charge on any atom is -0.481 e. The third-order valence-electron chi connectivity index (χ3n) is 3.72. The maximum Gasteiger partial charge on any atom is 0.209 e. The van der Waals surface area contributed by atoms with E-state index in [0.717, 1.165) is 24.2 Å². The molecule has 3 heterocycles. The highest BCUT2D eigenvalue weighted by molar-refractivity contribution is 5.93. The summed E-state index contributed by atoms with van der Waals surface area (Å²) in [6.07, 6.45) is 12.2. The molecule has 0 saturated heterocycles. The normalized spacial score (nSPS) is 17.0. The van der Waals surface area contributed by atoms with Crippen LogP contribution >= 0.6 is 0 Å². The number of rotatable bonds is 4. The summed E-state index contributed by atoms with van der Waals surface area (Å²) in [4.78, 5) is 11.9. The van der Waals surface area contributed by atoms with Gasteiger partial charge in [0.25, 0.3) is 0 Å². The SMILES string of the molecule is CC.COC1=CC(CCc2c[nH]c3ncccc23)C=CC(C)=N1. The summed E-state index contributed by atoms with van der Waals surface area (Å²) in [7, 11) is 1.66. The Morgan fingerprint density at radius 1 is 1.30 bits per heavy atom. The molecule has 0 radical (unpaired) electrons. The predicted molar refractivity (Wildman–Crippen MR) is 96.6 cm³/mol. The highest BCUT2D eigenvalue weighted by Crippen LogP contribution is 2.22. The van der Waals surface area contributed by atoms with E-state index in [4.69, 9.17) is 4.74 Å². The molecule has 0 saturated carbocycles. The van der Waals surface area contributed by atoms with E-state index in [9.17, 15) is 0 Å². The van der Waals surface area contributed by atoms with Gasteiger partial charge in [-0.1, -0.05) is 19.9 Å². The fourth-order valence-corrected chi connectivity index (χ4v) is 2.58. The Morgan fingerprint density at radius 3 is 2.91 bits per heavy atom. The zero-order valence-electron chi connectivity index (χ0n) is 14.3. The maximum absolute atomic E-state index is 5.30. The van der Waals surface area contributed by atoms with E-state index in [1.807, 2.05) is 33.0 Å². The van der Waals surface area contributed by atoms with Crippen LogP contribution in [-0.4, -0.2) is 22.8 Å². The number of hydrogen-bond acceptors (Lipinski definition) is 3. The third kappa shape index (κ3) is 4.31. The van der Waals surface area contributed by atoms with Gasteiger partial charge in [0, 0.05) is 29.4 Å². The Balaban J connectivity index is 0.000000924. The van der Waals surface area contributed by atoms with Gasteiger partial charge in [-0.05, 0) is 49.6 Å². The zero-order chi connectivity index (χ0) is 16.7. The number of pyridine rings is 1. The second kappa shape index (κ2) is 8.32.